The number of carbonyl (C=O) groups is 1. The summed E-state index contributed by atoms with van der Waals surface area (Å²) in [4.78, 5) is 11.5. The van der Waals surface area contributed by atoms with Gasteiger partial charge in [0.15, 0.2) is 17.0 Å². The maximum Gasteiger partial charge on any atom is 0.358 e. The molecule has 8 heteroatoms. The van der Waals surface area contributed by atoms with Crippen molar-refractivity contribution in [2.45, 2.75) is 6.92 Å². The fourth-order valence-corrected chi connectivity index (χ4v) is 1.63. The zero-order valence-electron chi connectivity index (χ0n) is 10.2. The van der Waals surface area contributed by atoms with E-state index in [1.165, 1.54) is 17.7 Å². The molecule has 0 N–H and O–H groups in total. The van der Waals surface area contributed by atoms with Crippen LogP contribution in [0.5, 0.6) is 0 Å². The average molecular weight is 259 g/mol. The number of fused-ring (bicyclic) bond motifs is 1. The SMILES string of the molecule is COC(=O)c1ccc2nnc(-c3cc(C)on3)n2n1. The molecule has 0 atom stereocenters. The molecule has 0 radical (unpaired) electrons. The van der Waals surface area contributed by atoms with Gasteiger partial charge in [-0.2, -0.15) is 9.61 Å². The van der Waals surface area contributed by atoms with Gasteiger partial charge in [-0.15, -0.1) is 10.2 Å². The van der Waals surface area contributed by atoms with E-state index in [9.17, 15) is 4.79 Å². The minimum absolute atomic E-state index is 0.163. The summed E-state index contributed by atoms with van der Waals surface area (Å²) >= 11 is 0. The van der Waals surface area contributed by atoms with Gasteiger partial charge in [-0.25, -0.2) is 4.79 Å². The van der Waals surface area contributed by atoms with Gasteiger partial charge in [-0.1, -0.05) is 5.16 Å². The van der Waals surface area contributed by atoms with E-state index in [0.29, 0.717) is 22.9 Å². The van der Waals surface area contributed by atoms with Crippen molar-refractivity contribution in [1.82, 2.24) is 25.0 Å². The van der Waals surface area contributed by atoms with Crippen LogP contribution in [0, 0.1) is 6.92 Å². The first-order valence-corrected chi connectivity index (χ1v) is 5.43. The molecule has 19 heavy (non-hydrogen) atoms. The summed E-state index contributed by atoms with van der Waals surface area (Å²) in [6, 6.07) is 4.86. The summed E-state index contributed by atoms with van der Waals surface area (Å²) in [6.07, 6.45) is 0. The van der Waals surface area contributed by atoms with E-state index in [2.05, 4.69) is 25.2 Å². The fourth-order valence-electron chi connectivity index (χ4n) is 1.63. The van der Waals surface area contributed by atoms with Crippen LogP contribution in [-0.4, -0.2) is 38.0 Å². The van der Waals surface area contributed by atoms with Gasteiger partial charge in [0, 0.05) is 6.07 Å². The molecule has 0 spiro atoms. The van der Waals surface area contributed by atoms with Crippen LogP contribution in [0.2, 0.25) is 0 Å². The summed E-state index contributed by atoms with van der Waals surface area (Å²) in [5.41, 5.74) is 1.17. The smallest absolute Gasteiger partial charge is 0.358 e. The number of ether oxygens (including phenoxy) is 1. The minimum Gasteiger partial charge on any atom is -0.464 e. The molecule has 3 aromatic heterocycles. The lowest BCUT2D eigenvalue weighted by atomic mass is 10.3. The van der Waals surface area contributed by atoms with Gasteiger partial charge >= 0.3 is 5.97 Å². The number of carbonyl (C=O) groups excluding carboxylic acids is 1. The van der Waals surface area contributed by atoms with Gasteiger partial charge in [0.25, 0.3) is 0 Å². The number of rotatable bonds is 2. The molecule has 0 amide bonds. The topological polar surface area (TPSA) is 95.4 Å². The highest BCUT2D eigenvalue weighted by Gasteiger charge is 2.15. The van der Waals surface area contributed by atoms with Crippen molar-refractivity contribution in [3.05, 3.63) is 29.7 Å². The molecule has 0 aliphatic heterocycles. The molecule has 8 nitrogen and oxygen atoms in total. The lowest BCUT2D eigenvalue weighted by Gasteiger charge is -1.99. The summed E-state index contributed by atoms with van der Waals surface area (Å²) in [5.74, 6) is 0.520. The first kappa shape index (κ1) is 11.3. The lowest BCUT2D eigenvalue weighted by molar-refractivity contribution is 0.0592. The maximum absolute atomic E-state index is 11.5. The highest BCUT2D eigenvalue weighted by Crippen LogP contribution is 2.17. The normalized spacial score (nSPS) is 10.8. The van der Waals surface area contributed by atoms with Crippen molar-refractivity contribution < 1.29 is 14.1 Å². The van der Waals surface area contributed by atoms with Gasteiger partial charge < -0.3 is 9.26 Å². The predicted octanol–water partition coefficient (Wildman–Crippen LogP) is 0.874. The minimum atomic E-state index is -0.530. The highest BCUT2D eigenvalue weighted by atomic mass is 16.5. The molecule has 0 saturated carbocycles. The third-order valence-electron chi connectivity index (χ3n) is 2.51. The molecule has 0 saturated heterocycles. The molecule has 3 rings (SSSR count). The number of hydrogen-bond donors (Lipinski definition) is 0. The zero-order chi connectivity index (χ0) is 13.4. The van der Waals surface area contributed by atoms with Gasteiger partial charge in [0.1, 0.15) is 5.76 Å². The van der Waals surface area contributed by atoms with Gasteiger partial charge in [-0.3, -0.25) is 0 Å². The summed E-state index contributed by atoms with van der Waals surface area (Å²) in [7, 11) is 1.29. The molecular formula is C11H9N5O3. The van der Waals surface area contributed by atoms with Gasteiger partial charge in [0.05, 0.1) is 7.11 Å². The van der Waals surface area contributed by atoms with E-state index < -0.39 is 5.97 Å². The Hall–Kier alpha value is -2.77. The highest BCUT2D eigenvalue weighted by molar-refractivity contribution is 5.87. The monoisotopic (exact) mass is 259 g/mol. The molecule has 0 unspecified atom stereocenters. The Kier molecular flexibility index (Phi) is 2.48. The molecule has 0 aliphatic rings. The second-order valence-electron chi connectivity index (χ2n) is 3.83. The van der Waals surface area contributed by atoms with Crippen LogP contribution in [0.25, 0.3) is 17.2 Å². The Morgan fingerprint density at radius 1 is 1.37 bits per heavy atom. The molecule has 0 aromatic carbocycles. The molecule has 3 aromatic rings. The Balaban J connectivity index is 2.18. The van der Waals surface area contributed by atoms with Crippen LogP contribution < -0.4 is 0 Å². The van der Waals surface area contributed by atoms with E-state index in [1.54, 1.807) is 19.1 Å². The number of aryl methyl sites for hydroxylation is 1. The van der Waals surface area contributed by atoms with E-state index >= 15 is 0 Å². The Morgan fingerprint density at radius 2 is 2.21 bits per heavy atom. The van der Waals surface area contributed by atoms with Crippen molar-refractivity contribution in [2.24, 2.45) is 0 Å². The Bertz CT molecular complexity index is 761. The van der Waals surface area contributed by atoms with Crippen LogP contribution >= 0.6 is 0 Å². The third-order valence-corrected chi connectivity index (χ3v) is 2.51. The first-order chi connectivity index (χ1) is 9.19. The van der Waals surface area contributed by atoms with E-state index in [4.69, 9.17) is 4.52 Å². The van der Waals surface area contributed by atoms with Crippen molar-refractivity contribution in [1.29, 1.82) is 0 Å². The van der Waals surface area contributed by atoms with E-state index in [-0.39, 0.29) is 5.69 Å². The second kappa shape index (κ2) is 4.16. The van der Waals surface area contributed by atoms with Crippen LogP contribution in [-0.2, 0) is 4.74 Å². The first-order valence-electron chi connectivity index (χ1n) is 5.43. The zero-order valence-corrected chi connectivity index (χ0v) is 10.2. The lowest BCUT2D eigenvalue weighted by Crippen LogP contribution is -2.08. The van der Waals surface area contributed by atoms with Crippen LogP contribution in [0.1, 0.15) is 16.2 Å². The molecule has 96 valence electrons. The Morgan fingerprint density at radius 3 is 2.89 bits per heavy atom. The van der Waals surface area contributed by atoms with Crippen LogP contribution in [0.3, 0.4) is 0 Å². The van der Waals surface area contributed by atoms with Crippen molar-refractivity contribution >= 4 is 11.6 Å². The average Bonchev–Trinajstić information content (AvgIpc) is 3.02. The summed E-state index contributed by atoms with van der Waals surface area (Å²) in [5, 5.41) is 15.9. The molecule has 0 bridgehead atoms. The van der Waals surface area contributed by atoms with Crippen molar-refractivity contribution in [2.75, 3.05) is 7.11 Å². The maximum atomic E-state index is 11.5. The third kappa shape index (κ3) is 1.82. The summed E-state index contributed by atoms with van der Waals surface area (Å²) in [6.45, 7) is 1.77. The summed E-state index contributed by atoms with van der Waals surface area (Å²) < 4.78 is 11.0. The largest absolute Gasteiger partial charge is 0.464 e. The van der Waals surface area contributed by atoms with Gasteiger partial charge in [-0.05, 0) is 19.1 Å². The second-order valence-corrected chi connectivity index (χ2v) is 3.83. The molecular weight excluding hydrogens is 250 g/mol. The number of nitrogens with zero attached hydrogens (tertiary/aromatic N) is 5. The Labute approximate surface area is 107 Å². The molecule has 0 aliphatic carbocycles. The van der Waals surface area contributed by atoms with E-state index in [1.807, 2.05) is 0 Å². The fraction of sp³-hybridized carbons (Fsp3) is 0.182. The van der Waals surface area contributed by atoms with E-state index in [0.717, 1.165) is 0 Å². The number of hydrogen-bond acceptors (Lipinski definition) is 7. The van der Waals surface area contributed by atoms with Gasteiger partial charge in [0.2, 0.25) is 5.82 Å². The molecule has 3 heterocycles. The molecule has 0 fully saturated rings. The quantitative estimate of drug-likeness (QED) is 0.630. The van der Waals surface area contributed by atoms with Crippen LogP contribution in [0.15, 0.2) is 22.7 Å². The predicted molar refractivity (Wildman–Crippen MR) is 62.4 cm³/mol. The van der Waals surface area contributed by atoms with Crippen molar-refractivity contribution in [3.8, 4) is 11.5 Å². The van der Waals surface area contributed by atoms with Crippen molar-refractivity contribution in [3.63, 3.8) is 0 Å². The number of esters is 1. The number of aromatic nitrogens is 5. The number of methoxy groups -OCH3 is 1. The standard InChI is InChI=1S/C11H9N5O3/c1-6-5-8(15-19-6)10-13-12-9-4-3-7(11(17)18-2)14-16(9)10/h3-5H,1-2H3. The van der Waals surface area contributed by atoms with Crippen LogP contribution in [0.4, 0.5) is 0 Å².